The Balaban J connectivity index is 3.28. The van der Waals surface area contributed by atoms with Crippen molar-refractivity contribution in [2.75, 3.05) is 7.11 Å². The van der Waals surface area contributed by atoms with Gasteiger partial charge >= 0.3 is 0 Å². The van der Waals surface area contributed by atoms with Gasteiger partial charge in [-0.3, -0.25) is 4.98 Å². The summed E-state index contributed by atoms with van der Waals surface area (Å²) in [4.78, 5) is 3.54. The zero-order chi connectivity index (χ0) is 10.7. The zero-order valence-corrected chi connectivity index (χ0v) is 8.82. The van der Waals surface area contributed by atoms with Gasteiger partial charge in [-0.25, -0.2) is 13.2 Å². The van der Waals surface area contributed by atoms with Gasteiger partial charge in [0.15, 0.2) is 11.6 Å². The van der Waals surface area contributed by atoms with Crippen LogP contribution >= 0.6 is 15.9 Å². The van der Waals surface area contributed by atoms with Gasteiger partial charge in [-0.2, -0.15) is 0 Å². The third-order valence-electron chi connectivity index (χ3n) is 1.64. The van der Waals surface area contributed by atoms with Crippen LogP contribution in [0.2, 0.25) is 0 Å². The second-order valence-corrected chi connectivity index (χ2v) is 3.00. The summed E-state index contributed by atoms with van der Waals surface area (Å²) in [5, 5.41) is 0.151. The number of hydrogen-bond donors (Lipinski definition) is 0. The molecular formula is C8H7BrF3NO. The topological polar surface area (TPSA) is 22.1 Å². The first-order chi connectivity index (χ1) is 6.61. The summed E-state index contributed by atoms with van der Waals surface area (Å²) in [6.07, 6.45) is -1.88. The van der Waals surface area contributed by atoms with Crippen LogP contribution < -0.4 is 4.74 Å². The number of hydrogen-bond acceptors (Lipinski definition) is 2. The van der Waals surface area contributed by atoms with Gasteiger partial charge in [-0.1, -0.05) is 15.9 Å². The van der Waals surface area contributed by atoms with E-state index in [-0.39, 0.29) is 11.0 Å². The first-order valence-corrected chi connectivity index (χ1v) is 4.79. The monoisotopic (exact) mass is 269 g/mol. The van der Waals surface area contributed by atoms with Crippen LogP contribution in [0.5, 0.6) is 5.75 Å². The summed E-state index contributed by atoms with van der Waals surface area (Å²) in [6, 6.07) is 0. The molecule has 0 aromatic carbocycles. The molecule has 0 saturated heterocycles. The van der Waals surface area contributed by atoms with E-state index in [2.05, 4.69) is 25.7 Å². The zero-order valence-electron chi connectivity index (χ0n) is 7.23. The van der Waals surface area contributed by atoms with Gasteiger partial charge in [0.05, 0.1) is 18.4 Å². The maximum absolute atomic E-state index is 13.3. The number of aromatic nitrogens is 1. The molecule has 0 aliphatic carbocycles. The summed E-state index contributed by atoms with van der Waals surface area (Å²) in [6.45, 7) is 0. The Bertz CT molecular complexity index is 333. The first-order valence-electron chi connectivity index (χ1n) is 3.67. The van der Waals surface area contributed by atoms with Crippen molar-refractivity contribution in [3.8, 4) is 5.75 Å². The maximum atomic E-state index is 13.3. The minimum Gasteiger partial charge on any atom is -0.493 e. The summed E-state index contributed by atoms with van der Waals surface area (Å²) in [5.41, 5.74) is -0.485. The molecule has 1 aromatic rings. The molecule has 0 aliphatic heterocycles. The molecule has 1 aromatic heterocycles. The van der Waals surface area contributed by atoms with Gasteiger partial charge in [0, 0.05) is 11.5 Å². The Morgan fingerprint density at radius 3 is 2.64 bits per heavy atom. The highest BCUT2D eigenvalue weighted by Gasteiger charge is 2.20. The summed E-state index contributed by atoms with van der Waals surface area (Å²) >= 11 is 2.99. The largest absolute Gasteiger partial charge is 0.493 e. The minimum atomic E-state index is -2.80. The molecule has 0 bridgehead atoms. The molecule has 78 valence electrons. The molecule has 0 radical (unpaired) electrons. The van der Waals surface area contributed by atoms with E-state index in [1.54, 1.807) is 0 Å². The van der Waals surface area contributed by atoms with E-state index >= 15 is 0 Å². The lowest BCUT2D eigenvalue weighted by Crippen LogP contribution is -2.01. The van der Waals surface area contributed by atoms with Gasteiger partial charge in [0.25, 0.3) is 6.43 Å². The van der Waals surface area contributed by atoms with E-state index in [0.29, 0.717) is 0 Å². The fourth-order valence-electron chi connectivity index (χ4n) is 0.977. The predicted molar refractivity (Wildman–Crippen MR) is 48.3 cm³/mol. The number of rotatable bonds is 3. The molecule has 0 spiro atoms. The van der Waals surface area contributed by atoms with Crippen molar-refractivity contribution < 1.29 is 17.9 Å². The van der Waals surface area contributed by atoms with E-state index < -0.39 is 23.6 Å². The second-order valence-electron chi connectivity index (χ2n) is 2.44. The summed E-state index contributed by atoms with van der Waals surface area (Å²) in [7, 11) is 1.14. The number of nitrogens with zero attached hydrogens (tertiary/aromatic N) is 1. The Morgan fingerprint density at radius 1 is 1.57 bits per heavy atom. The Kier molecular flexibility index (Phi) is 3.74. The number of methoxy groups -OCH3 is 1. The molecule has 0 amide bonds. The Hall–Kier alpha value is -0.780. The van der Waals surface area contributed by atoms with Crippen molar-refractivity contribution in [1.29, 1.82) is 0 Å². The normalized spacial score (nSPS) is 10.7. The molecule has 1 rings (SSSR count). The fraction of sp³-hybridized carbons (Fsp3) is 0.375. The highest BCUT2D eigenvalue weighted by Crippen LogP contribution is 2.32. The second kappa shape index (κ2) is 4.63. The van der Waals surface area contributed by atoms with E-state index in [4.69, 9.17) is 0 Å². The Morgan fingerprint density at radius 2 is 2.21 bits per heavy atom. The lowest BCUT2D eigenvalue weighted by atomic mass is 10.2. The number of halogens is 4. The van der Waals surface area contributed by atoms with Crippen molar-refractivity contribution in [2.24, 2.45) is 0 Å². The van der Waals surface area contributed by atoms with Gasteiger partial charge in [0.2, 0.25) is 0 Å². The quantitative estimate of drug-likeness (QED) is 0.787. The van der Waals surface area contributed by atoms with E-state index in [1.165, 1.54) is 0 Å². The highest BCUT2D eigenvalue weighted by molar-refractivity contribution is 9.08. The van der Waals surface area contributed by atoms with Crippen molar-refractivity contribution in [3.05, 3.63) is 23.3 Å². The van der Waals surface area contributed by atoms with Gasteiger partial charge in [-0.15, -0.1) is 0 Å². The van der Waals surface area contributed by atoms with Crippen LogP contribution in [0, 0.1) is 5.82 Å². The number of pyridine rings is 1. The molecule has 0 aliphatic rings. The highest BCUT2D eigenvalue weighted by atomic mass is 79.9. The molecule has 0 N–H and O–H groups in total. The van der Waals surface area contributed by atoms with Crippen molar-refractivity contribution in [2.45, 2.75) is 11.8 Å². The van der Waals surface area contributed by atoms with Crippen molar-refractivity contribution >= 4 is 15.9 Å². The summed E-state index contributed by atoms with van der Waals surface area (Å²) in [5.74, 6) is -1.29. The van der Waals surface area contributed by atoms with Crippen LogP contribution in [0.25, 0.3) is 0 Å². The standard InChI is InChI=1S/C8H7BrF3NO/c1-14-7-4(8(11)12)3-13-5(2-9)6(7)10/h3,8H,2H2,1H3. The van der Waals surface area contributed by atoms with Crippen LogP contribution in [0.3, 0.4) is 0 Å². The summed E-state index contributed by atoms with van der Waals surface area (Å²) < 4.78 is 42.6. The average Bonchev–Trinajstić information content (AvgIpc) is 2.17. The lowest BCUT2D eigenvalue weighted by molar-refractivity contribution is 0.145. The molecular weight excluding hydrogens is 263 g/mol. The molecule has 0 unspecified atom stereocenters. The smallest absolute Gasteiger partial charge is 0.269 e. The molecule has 14 heavy (non-hydrogen) atoms. The average molecular weight is 270 g/mol. The molecule has 0 saturated carbocycles. The van der Waals surface area contributed by atoms with Gasteiger partial charge in [0.1, 0.15) is 0 Å². The van der Waals surface area contributed by atoms with E-state index in [9.17, 15) is 13.2 Å². The van der Waals surface area contributed by atoms with Crippen LogP contribution in [0.4, 0.5) is 13.2 Å². The minimum absolute atomic E-state index is 0.0475. The maximum Gasteiger partial charge on any atom is 0.269 e. The van der Waals surface area contributed by atoms with Crippen LogP contribution in [-0.2, 0) is 5.33 Å². The van der Waals surface area contributed by atoms with Crippen LogP contribution in [0.15, 0.2) is 6.20 Å². The molecule has 2 nitrogen and oxygen atoms in total. The van der Waals surface area contributed by atoms with Crippen LogP contribution in [-0.4, -0.2) is 12.1 Å². The molecule has 1 heterocycles. The fourth-order valence-corrected chi connectivity index (χ4v) is 1.37. The SMILES string of the molecule is COc1c(C(F)F)cnc(CBr)c1F. The number of alkyl halides is 3. The molecule has 0 atom stereocenters. The van der Waals surface area contributed by atoms with Crippen LogP contribution in [0.1, 0.15) is 17.7 Å². The van der Waals surface area contributed by atoms with Gasteiger partial charge < -0.3 is 4.74 Å². The Labute approximate surface area is 87.2 Å². The number of ether oxygens (including phenoxy) is 1. The molecule has 0 fully saturated rings. The lowest BCUT2D eigenvalue weighted by Gasteiger charge is -2.09. The first kappa shape index (κ1) is 11.3. The third-order valence-corrected chi connectivity index (χ3v) is 2.17. The van der Waals surface area contributed by atoms with Crippen molar-refractivity contribution in [3.63, 3.8) is 0 Å². The van der Waals surface area contributed by atoms with E-state index in [1.807, 2.05) is 0 Å². The van der Waals surface area contributed by atoms with Crippen molar-refractivity contribution in [1.82, 2.24) is 4.98 Å². The third kappa shape index (κ3) is 2.00. The van der Waals surface area contributed by atoms with Gasteiger partial charge in [-0.05, 0) is 0 Å². The van der Waals surface area contributed by atoms with E-state index in [0.717, 1.165) is 13.3 Å². The molecule has 6 heteroatoms. The predicted octanol–water partition coefficient (Wildman–Crippen LogP) is 3.06.